The van der Waals surface area contributed by atoms with E-state index < -0.39 is 20.8 Å². The smallest absolute Gasteiger partial charge is 0.223 e. The molecule has 1 unspecified atom stereocenters. The monoisotopic (exact) mass is 502 g/mol. The number of fused-ring (bicyclic) bond motifs is 2. The molecule has 2 aromatic heterocycles. The Kier molecular flexibility index (Phi) is 7.44. The molecule has 1 saturated heterocycles. The van der Waals surface area contributed by atoms with E-state index in [9.17, 15) is 12.6 Å². The van der Waals surface area contributed by atoms with Crippen LogP contribution < -0.4 is 10.2 Å². The number of sulfonamides is 1. The van der Waals surface area contributed by atoms with Crippen LogP contribution >= 0.6 is 0 Å². The van der Waals surface area contributed by atoms with E-state index in [1.165, 1.54) is 16.1 Å². The van der Waals surface area contributed by atoms with Crippen molar-refractivity contribution in [2.24, 2.45) is 0 Å². The average Bonchev–Trinajstić information content (AvgIpc) is 3.20. The molecule has 1 aromatic carbocycles. The van der Waals surface area contributed by atoms with Crippen molar-refractivity contribution in [2.45, 2.75) is 30.2 Å². The zero-order chi connectivity index (χ0) is 24.3. The Hall–Kier alpha value is -2.63. The van der Waals surface area contributed by atoms with Gasteiger partial charge in [-0.2, -0.15) is 0 Å². The second-order valence-corrected chi connectivity index (χ2v) is 12.2. The molecule has 2 aliphatic heterocycles. The van der Waals surface area contributed by atoms with Crippen LogP contribution in [-0.4, -0.2) is 77.1 Å². The van der Waals surface area contributed by atoms with Gasteiger partial charge in [-0.25, -0.2) is 27.7 Å². The highest BCUT2D eigenvalue weighted by Gasteiger charge is 2.25. The SMILES string of the molecule is CN(C)c1nccc2cnc(NC3CCN(S(C)(=O)=O)CC3)nc12.O=S1CCc2ccccc21. The van der Waals surface area contributed by atoms with Crippen LogP contribution in [0.5, 0.6) is 0 Å². The van der Waals surface area contributed by atoms with Gasteiger partial charge in [-0.1, -0.05) is 18.2 Å². The van der Waals surface area contributed by atoms with Crippen molar-refractivity contribution < 1.29 is 12.6 Å². The lowest BCUT2D eigenvalue weighted by atomic mass is 10.1. The number of aromatic nitrogens is 3. The zero-order valence-electron chi connectivity index (χ0n) is 19.6. The lowest BCUT2D eigenvalue weighted by Crippen LogP contribution is -2.42. The van der Waals surface area contributed by atoms with Crippen LogP contribution in [0.1, 0.15) is 18.4 Å². The van der Waals surface area contributed by atoms with Crippen molar-refractivity contribution in [1.29, 1.82) is 0 Å². The molecule has 1 fully saturated rings. The van der Waals surface area contributed by atoms with E-state index in [-0.39, 0.29) is 6.04 Å². The van der Waals surface area contributed by atoms with E-state index in [2.05, 4.69) is 26.3 Å². The number of benzene rings is 1. The van der Waals surface area contributed by atoms with Gasteiger partial charge in [-0.05, 0) is 37.0 Å². The number of piperidine rings is 1. The second kappa shape index (κ2) is 10.3. The number of anilines is 2. The number of hydrogen-bond donors (Lipinski definition) is 1. The highest BCUT2D eigenvalue weighted by molar-refractivity contribution is 7.88. The maximum absolute atomic E-state index is 11.6. The molecule has 4 heterocycles. The van der Waals surface area contributed by atoms with Crippen LogP contribution in [0.15, 0.2) is 47.6 Å². The maximum Gasteiger partial charge on any atom is 0.223 e. The molecule has 5 rings (SSSR count). The predicted molar refractivity (Wildman–Crippen MR) is 136 cm³/mol. The summed E-state index contributed by atoms with van der Waals surface area (Å²) in [6, 6.07) is 10.0. The van der Waals surface area contributed by atoms with Gasteiger partial charge in [0.15, 0.2) is 5.82 Å². The summed E-state index contributed by atoms with van der Waals surface area (Å²) in [5, 5.41) is 4.26. The Balaban J connectivity index is 0.000000226. The Labute approximate surface area is 203 Å². The van der Waals surface area contributed by atoms with Crippen molar-refractivity contribution in [2.75, 3.05) is 49.4 Å². The predicted octanol–water partition coefficient (Wildman–Crippen LogP) is 2.28. The van der Waals surface area contributed by atoms with Crippen molar-refractivity contribution in [3.05, 3.63) is 48.3 Å². The number of pyridine rings is 1. The van der Waals surface area contributed by atoms with Crippen LogP contribution in [0.3, 0.4) is 0 Å². The summed E-state index contributed by atoms with van der Waals surface area (Å²) in [6.45, 7) is 1.04. The summed E-state index contributed by atoms with van der Waals surface area (Å²) in [5.74, 6) is 2.17. The first kappa shape index (κ1) is 24.5. The highest BCUT2D eigenvalue weighted by atomic mass is 32.2. The van der Waals surface area contributed by atoms with Gasteiger partial charge < -0.3 is 10.2 Å². The van der Waals surface area contributed by atoms with Gasteiger partial charge in [0, 0.05) is 61.7 Å². The third kappa shape index (κ3) is 5.70. The number of nitrogens with zero attached hydrogens (tertiary/aromatic N) is 5. The number of nitrogens with one attached hydrogen (secondary N) is 1. The highest BCUT2D eigenvalue weighted by Crippen LogP contribution is 2.23. The molecule has 34 heavy (non-hydrogen) atoms. The number of hydrogen-bond acceptors (Lipinski definition) is 8. The Bertz CT molecular complexity index is 1290. The summed E-state index contributed by atoms with van der Waals surface area (Å²) < 4.78 is 35.8. The van der Waals surface area contributed by atoms with Crippen LogP contribution in [0.25, 0.3) is 10.9 Å². The fourth-order valence-electron chi connectivity index (χ4n) is 4.10. The lowest BCUT2D eigenvalue weighted by Gasteiger charge is -2.30. The van der Waals surface area contributed by atoms with Crippen molar-refractivity contribution in [1.82, 2.24) is 19.3 Å². The molecule has 1 N–H and O–H groups in total. The molecule has 2 aliphatic rings. The van der Waals surface area contributed by atoms with Crippen LogP contribution in [-0.2, 0) is 27.2 Å². The van der Waals surface area contributed by atoms with Gasteiger partial charge in [0.25, 0.3) is 0 Å². The fraction of sp³-hybridized carbons (Fsp3) is 0.435. The molecule has 182 valence electrons. The molecule has 0 bridgehead atoms. The number of rotatable bonds is 4. The van der Waals surface area contributed by atoms with Gasteiger partial charge in [0.05, 0.1) is 17.1 Å². The normalized spacial score (nSPS) is 18.7. The Morgan fingerprint density at radius 3 is 2.53 bits per heavy atom. The molecule has 3 aromatic rings. The maximum atomic E-state index is 11.6. The summed E-state index contributed by atoms with van der Waals surface area (Å²) >= 11 is 0. The minimum atomic E-state index is -3.11. The minimum absolute atomic E-state index is 0.167. The van der Waals surface area contributed by atoms with E-state index in [0.717, 1.165) is 46.6 Å². The molecule has 9 nitrogen and oxygen atoms in total. The molecule has 0 amide bonds. The van der Waals surface area contributed by atoms with Crippen molar-refractivity contribution >= 4 is 43.5 Å². The van der Waals surface area contributed by atoms with Crippen molar-refractivity contribution in [3.8, 4) is 0 Å². The molecule has 0 aliphatic carbocycles. The van der Waals surface area contributed by atoms with Gasteiger partial charge in [-0.15, -0.1) is 0 Å². The zero-order valence-corrected chi connectivity index (χ0v) is 21.3. The topological polar surface area (TPSA) is 108 Å². The standard InChI is InChI=1S/C15H22N6O2S.C8H8OS/c1-20(2)14-13-11(4-7-16-14)10-17-15(19-13)18-12-5-8-21(9-6-12)24(3,22)23;9-10-6-5-7-3-1-2-4-8(7)10/h4,7,10,12H,5-6,8-9H2,1-3H3,(H,17,18,19);1-4H,5-6H2. The van der Waals surface area contributed by atoms with Crippen LogP contribution in [0.4, 0.5) is 11.8 Å². The summed E-state index contributed by atoms with van der Waals surface area (Å²) in [4.78, 5) is 16.3. The Morgan fingerprint density at radius 1 is 1.12 bits per heavy atom. The second-order valence-electron chi connectivity index (χ2n) is 8.65. The Morgan fingerprint density at radius 2 is 1.85 bits per heavy atom. The first-order chi connectivity index (χ1) is 16.2. The molecule has 1 atom stereocenters. The van der Waals surface area contributed by atoms with E-state index in [1.54, 1.807) is 12.4 Å². The molecule has 11 heteroatoms. The van der Waals surface area contributed by atoms with Crippen molar-refractivity contribution in [3.63, 3.8) is 0 Å². The fourth-order valence-corrected chi connectivity index (χ4v) is 6.29. The van der Waals surface area contributed by atoms with Gasteiger partial charge in [0.1, 0.15) is 5.52 Å². The van der Waals surface area contributed by atoms with Crippen LogP contribution in [0.2, 0.25) is 0 Å². The van der Waals surface area contributed by atoms with E-state index >= 15 is 0 Å². The van der Waals surface area contributed by atoms with E-state index in [1.807, 2.05) is 43.3 Å². The molecular formula is C23H30N6O3S2. The molecule has 0 radical (unpaired) electrons. The summed E-state index contributed by atoms with van der Waals surface area (Å²) in [7, 11) is 0.0536. The van der Waals surface area contributed by atoms with Gasteiger partial charge in [0.2, 0.25) is 16.0 Å². The van der Waals surface area contributed by atoms with Gasteiger partial charge in [-0.3, -0.25) is 4.21 Å². The van der Waals surface area contributed by atoms with Crippen LogP contribution in [0, 0.1) is 0 Å². The third-order valence-electron chi connectivity index (χ3n) is 5.93. The first-order valence-corrected chi connectivity index (χ1v) is 14.4. The number of aryl methyl sites for hydroxylation is 1. The lowest BCUT2D eigenvalue weighted by molar-refractivity contribution is 0.331. The van der Waals surface area contributed by atoms with Gasteiger partial charge >= 0.3 is 0 Å². The molecule has 0 spiro atoms. The average molecular weight is 503 g/mol. The first-order valence-electron chi connectivity index (χ1n) is 11.2. The van der Waals surface area contributed by atoms with E-state index in [4.69, 9.17) is 0 Å². The molecule has 0 saturated carbocycles. The van der Waals surface area contributed by atoms with E-state index in [0.29, 0.717) is 19.0 Å². The minimum Gasteiger partial charge on any atom is -0.361 e. The largest absolute Gasteiger partial charge is 0.361 e. The quantitative estimate of drug-likeness (QED) is 0.579. The summed E-state index contributed by atoms with van der Waals surface area (Å²) in [5.41, 5.74) is 2.06. The third-order valence-corrected chi connectivity index (χ3v) is 8.70. The molecular weight excluding hydrogens is 472 g/mol. The summed E-state index contributed by atoms with van der Waals surface area (Å²) in [6.07, 6.45) is 7.25.